The molecule has 6 nitrogen and oxygen atoms in total. The van der Waals surface area contributed by atoms with E-state index in [-0.39, 0.29) is 37.2 Å². The number of ether oxygens (including phenoxy) is 1. The molecule has 20 heavy (non-hydrogen) atoms. The van der Waals surface area contributed by atoms with Gasteiger partial charge in [-0.1, -0.05) is 13.8 Å². The summed E-state index contributed by atoms with van der Waals surface area (Å²) in [5.74, 6) is -0.140. The van der Waals surface area contributed by atoms with Gasteiger partial charge in [0.1, 0.15) is 5.54 Å². The molecular formula is C14H25N3O3. The number of aliphatic hydroxyl groups excluding tert-OH is 1. The molecule has 1 rings (SSSR count). The minimum Gasteiger partial charge on any atom is -0.394 e. The Balaban J connectivity index is 2.56. The van der Waals surface area contributed by atoms with Crippen LogP contribution in [0.4, 0.5) is 0 Å². The molecule has 3 unspecified atom stereocenters. The van der Waals surface area contributed by atoms with Crippen LogP contribution in [-0.4, -0.2) is 59.9 Å². The van der Waals surface area contributed by atoms with Crippen LogP contribution in [-0.2, 0) is 9.53 Å². The Morgan fingerprint density at radius 3 is 2.75 bits per heavy atom. The summed E-state index contributed by atoms with van der Waals surface area (Å²) < 4.78 is 5.53. The fourth-order valence-corrected chi connectivity index (χ4v) is 2.20. The van der Waals surface area contributed by atoms with Gasteiger partial charge in [-0.25, -0.2) is 0 Å². The van der Waals surface area contributed by atoms with Crippen LogP contribution in [0.15, 0.2) is 0 Å². The van der Waals surface area contributed by atoms with Crippen LogP contribution in [0.25, 0.3) is 0 Å². The molecule has 0 aliphatic carbocycles. The zero-order chi connectivity index (χ0) is 15.3. The van der Waals surface area contributed by atoms with E-state index in [1.165, 1.54) is 0 Å². The molecule has 1 saturated heterocycles. The maximum absolute atomic E-state index is 12.1. The third kappa shape index (κ3) is 4.44. The van der Waals surface area contributed by atoms with E-state index in [1.54, 1.807) is 6.92 Å². The normalized spacial score (nSPS) is 26.9. The molecular weight excluding hydrogens is 258 g/mol. The van der Waals surface area contributed by atoms with Crippen LogP contribution in [0.1, 0.15) is 27.7 Å². The Kier molecular flexibility index (Phi) is 5.93. The van der Waals surface area contributed by atoms with Crippen molar-refractivity contribution in [2.24, 2.45) is 5.92 Å². The third-order valence-electron chi connectivity index (χ3n) is 3.76. The average molecular weight is 283 g/mol. The molecule has 3 atom stereocenters. The monoisotopic (exact) mass is 283 g/mol. The van der Waals surface area contributed by atoms with Gasteiger partial charge in [-0.3, -0.25) is 9.69 Å². The summed E-state index contributed by atoms with van der Waals surface area (Å²) in [7, 11) is 0. The summed E-state index contributed by atoms with van der Waals surface area (Å²) in [6, 6.07) is 2.16. The smallest absolute Gasteiger partial charge is 0.235 e. The first-order valence-corrected chi connectivity index (χ1v) is 7.01. The van der Waals surface area contributed by atoms with E-state index in [1.807, 2.05) is 25.7 Å². The molecule has 0 saturated carbocycles. The predicted octanol–water partition coefficient (Wildman–Crippen LogP) is 0.122. The lowest BCUT2D eigenvalue weighted by Gasteiger charge is -2.36. The lowest BCUT2D eigenvalue weighted by atomic mass is 9.90. The van der Waals surface area contributed by atoms with Crippen molar-refractivity contribution in [2.75, 3.05) is 26.2 Å². The van der Waals surface area contributed by atoms with Crippen molar-refractivity contribution in [3.8, 4) is 6.07 Å². The molecule has 0 radical (unpaired) electrons. The number of hydrogen-bond acceptors (Lipinski definition) is 5. The topological polar surface area (TPSA) is 85.6 Å². The molecule has 1 aliphatic heterocycles. The second-order valence-corrected chi connectivity index (χ2v) is 5.96. The molecule has 0 bridgehead atoms. The summed E-state index contributed by atoms with van der Waals surface area (Å²) in [6.07, 6.45) is -0.264. The number of nitrogens with zero attached hydrogens (tertiary/aromatic N) is 2. The second kappa shape index (κ2) is 7.02. The van der Waals surface area contributed by atoms with E-state index < -0.39 is 5.54 Å². The molecule has 1 heterocycles. The van der Waals surface area contributed by atoms with Gasteiger partial charge in [-0.05, 0) is 19.8 Å². The first-order valence-electron chi connectivity index (χ1n) is 7.01. The Bertz CT molecular complexity index is 380. The highest BCUT2D eigenvalue weighted by Crippen LogP contribution is 2.15. The molecule has 1 fully saturated rings. The van der Waals surface area contributed by atoms with E-state index in [0.717, 1.165) is 0 Å². The van der Waals surface area contributed by atoms with Gasteiger partial charge in [0.25, 0.3) is 0 Å². The van der Waals surface area contributed by atoms with Gasteiger partial charge in [0.2, 0.25) is 5.91 Å². The van der Waals surface area contributed by atoms with Gasteiger partial charge in [0.15, 0.2) is 0 Å². The molecule has 1 amide bonds. The van der Waals surface area contributed by atoms with Crippen LogP contribution in [0.2, 0.25) is 0 Å². The number of nitriles is 1. The van der Waals surface area contributed by atoms with Gasteiger partial charge in [0, 0.05) is 13.1 Å². The van der Waals surface area contributed by atoms with Gasteiger partial charge < -0.3 is 15.2 Å². The van der Waals surface area contributed by atoms with E-state index in [0.29, 0.717) is 13.1 Å². The third-order valence-corrected chi connectivity index (χ3v) is 3.76. The lowest BCUT2D eigenvalue weighted by Crippen LogP contribution is -2.55. The predicted molar refractivity (Wildman–Crippen MR) is 74.9 cm³/mol. The van der Waals surface area contributed by atoms with Crippen molar-refractivity contribution in [3.05, 3.63) is 0 Å². The minimum atomic E-state index is -0.856. The molecule has 114 valence electrons. The van der Waals surface area contributed by atoms with E-state index >= 15 is 0 Å². The van der Waals surface area contributed by atoms with Crippen molar-refractivity contribution in [1.29, 1.82) is 5.26 Å². The highest BCUT2D eigenvalue weighted by atomic mass is 16.5. The Hall–Kier alpha value is -1.16. The molecule has 1 aliphatic rings. The van der Waals surface area contributed by atoms with Gasteiger partial charge in [0.05, 0.1) is 31.4 Å². The van der Waals surface area contributed by atoms with Gasteiger partial charge >= 0.3 is 0 Å². The number of rotatable bonds is 5. The Morgan fingerprint density at radius 1 is 1.60 bits per heavy atom. The number of carbonyl (C=O) groups excluding carboxylic acids is 1. The number of amides is 1. The molecule has 0 spiro atoms. The highest BCUT2D eigenvalue weighted by Gasteiger charge is 2.32. The minimum absolute atomic E-state index is 0.0128. The number of carbonyl (C=O) groups is 1. The van der Waals surface area contributed by atoms with Crippen LogP contribution in [0.3, 0.4) is 0 Å². The molecule has 0 aromatic heterocycles. The number of nitrogens with one attached hydrogen (secondary N) is 1. The summed E-state index contributed by atoms with van der Waals surface area (Å²) in [6.45, 7) is 8.80. The number of morpholine rings is 1. The highest BCUT2D eigenvalue weighted by molar-refractivity contribution is 5.79. The summed E-state index contributed by atoms with van der Waals surface area (Å²) in [5, 5.41) is 21.2. The second-order valence-electron chi connectivity index (χ2n) is 5.96. The van der Waals surface area contributed by atoms with Crippen molar-refractivity contribution in [3.63, 3.8) is 0 Å². The quantitative estimate of drug-likeness (QED) is 0.748. The fraction of sp³-hybridized carbons (Fsp3) is 0.857. The molecule has 0 aromatic rings. The fourth-order valence-electron chi connectivity index (χ4n) is 2.20. The van der Waals surface area contributed by atoms with Gasteiger partial charge in [-0.15, -0.1) is 0 Å². The summed E-state index contributed by atoms with van der Waals surface area (Å²) in [5.41, 5.74) is -0.856. The van der Waals surface area contributed by atoms with E-state index in [4.69, 9.17) is 9.84 Å². The molecule has 0 aromatic carbocycles. The maximum Gasteiger partial charge on any atom is 0.235 e. The first-order chi connectivity index (χ1) is 9.30. The maximum atomic E-state index is 12.1. The van der Waals surface area contributed by atoms with Crippen LogP contribution in [0.5, 0.6) is 0 Å². The number of hydrogen-bond donors (Lipinski definition) is 2. The zero-order valence-electron chi connectivity index (χ0n) is 12.7. The summed E-state index contributed by atoms with van der Waals surface area (Å²) in [4.78, 5) is 14.0. The average Bonchev–Trinajstić information content (AvgIpc) is 2.37. The van der Waals surface area contributed by atoms with E-state index in [2.05, 4.69) is 11.4 Å². The standard InChI is InChI=1S/C14H25N3O3/c1-10(2)14(4,9-15)16-13(19)7-17-5-11(3)20-12(6-17)8-18/h10-12,18H,5-8H2,1-4H3,(H,16,19). The Labute approximate surface area is 120 Å². The van der Waals surface area contributed by atoms with E-state index in [9.17, 15) is 10.1 Å². The van der Waals surface area contributed by atoms with Crippen molar-refractivity contribution < 1.29 is 14.6 Å². The van der Waals surface area contributed by atoms with Crippen LogP contribution in [0, 0.1) is 17.2 Å². The SMILES string of the molecule is CC1CN(CC(=O)NC(C)(C#N)C(C)C)CC(CO)O1. The molecule has 2 N–H and O–H groups in total. The van der Waals surface area contributed by atoms with Crippen LogP contribution >= 0.6 is 0 Å². The van der Waals surface area contributed by atoms with Crippen LogP contribution < -0.4 is 5.32 Å². The van der Waals surface area contributed by atoms with Crippen molar-refractivity contribution in [1.82, 2.24) is 10.2 Å². The van der Waals surface area contributed by atoms with Crippen molar-refractivity contribution in [2.45, 2.75) is 45.4 Å². The molecule has 6 heteroatoms. The lowest BCUT2D eigenvalue weighted by molar-refractivity contribution is -0.130. The summed E-state index contributed by atoms with van der Waals surface area (Å²) >= 11 is 0. The largest absolute Gasteiger partial charge is 0.394 e. The number of aliphatic hydroxyl groups is 1. The first kappa shape index (κ1) is 16.9. The van der Waals surface area contributed by atoms with Gasteiger partial charge in [-0.2, -0.15) is 5.26 Å². The van der Waals surface area contributed by atoms with Crippen molar-refractivity contribution >= 4 is 5.91 Å². The Morgan fingerprint density at radius 2 is 2.25 bits per heavy atom. The zero-order valence-corrected chi connectivity index (χ0v) is 12.7.